The third-order valence-electron chi connectivity index (χ3n) is 2.89. The van der Waals surface area contributed by atoms with Gasteiger partial charge in [0.25, 0.3) is 0 Å². The molecule has 0 atom stereocenters. The maximum Gasteiger partial charge on any atom is 0.192 e. The van der Waals surface area contributed by atoms with Crippen LogP contribution in [0.15, 0.2) is 35.3 Å². The van der Waals surface area contributed by atoms with Crippen molar-refractivity contribution in [3.63, 3.8) is 0 Å². The number of aliphatic imine (C=N–C) groups is 1. The predicted molar refractivity (Wildman–Crippen MR) is 82.3 cm³/mol. The van der Waals surface area contributed by atoms with E-state index in [1.165, 1.54) is 5.56 Å². The van der Waals surface area contributed by atoms with Gasteiger partial charge in [0.05, 0.1) is 13.1 Å². The molecule has 2 N–H and O–H groups in total. The zero-order chi connectivity index (χ0) is 14.1. The second-order valence-electron chi connectivity index (χ2n) is 5.00. The SMILES string of the molecule is C#CCNC(=NCC(C)(C)c1ccccc1)NCC. The van der Waals surface area contributed by atoms with Gasteiger partial charge < -0.3 is 10.6 Å². The van der Waals surface area contributed by atoms with Crippen molar-refractivity contribution in [2.75, 3.05) is 19.6 Å². The Morgan fingerprint density at radius 3 is 2.53 bits per heavy atom. The number of guanidine groups is 1. The van der Waals surface area contributed by atoms with Crippen LogP contribution in [0.3, 0.4) is 0 Å². The Balaban J connectivity index is 2.73. The Bertz CT molecular complexity index is 441. The fraction of sp³-hybridized carbons (Fsp3) is 0.438. The highest BCUT2D eigenvalue weighted by Crippen LogP contribution is 2.22. The molecular formula is C16H23N3. The molecule has 0 aliphatic heterocycles. The minimum atomic E-state index is -0.000243. The second kappa shape index (κ2) is 7.48. The highest BCUT2D eigenvalue weighted by molar-refractivity contribution is 5.80. The quantitative estimate of drug-likeness (QED) is 0.482. The van der Waals surface area contributed by atoms with Crippen LogP contribution in [0.4, 0.5) is 0 Å². The van der Waals surface area contributed by atoms with Crippen LogP contribution in [-0.2, 0) is 5.41 Å². The van der Waals surface area contributed by atoms with Crippen LogP contribution >= 0.6 is 0 Å². The van der Waals surface area contributed by atoms with Gasteiger partial charge in [-0.25, -0.2) is 0 Å². The molecule has 1 aromatic carbocycles. The van der Waals surface area contributed by atoms with E-state index in [1.54, 1.807) is 0 Å². The Morgan fingerprint density at radius 1 is 1.26 bits per heavy atom. The Kier molecular flexibility index (Phi) is 5.95. The summed E-state index contributed by atoms with van der Waals surface area (Å²) < 4.78 is 0. The first kappa shape index (κ1) is 15.1. The monoisotopic (exact) mass is 257 g/mol. The van der Waals surface area contributed by atoms with Gasteiger partial charge in [0.15, 0.2) is 5.96 Å². The van der Waals surface area contributed by atoms with Gasteiger partial charge in [-0.05, 0) is 12.5 Å². The molecule has 0 heterocycles. The van der Waals surface area contributed by atoms with E-state index in [4.69, 9.17) is 6.42 Å². The number of benzene rings is 1. The topological polar surface area (TPSA) is 36.4 Å². The Hall–Kier alpha value is -1.95. The second-order valence-corrected chi connectivity index (χ2v) is 5.00. The number of nitrogens with one attached hydrogen (secondary N) is 2. The summed E-state index contributed by atoms with van der Waals surface area (Å²) in [6.07, 6.45) is 5.25. The summed E-state index contributed by atoms with van der Waals surface area (Å²) in [6.45, 7) is 8.43. The zero-order valence-corrected chi connectivity index (χ0v) is 12.0. The van der Waals surface area contributed by atoms with Gasteiger partial charge >= 0.3 is 0 Å². The smallest absolute Gasteiger partial charge is 0.192 e. The van der Waals surface area contributed by atoms with E-state index < -0.39 is 0 Å². The van der Waals surface area contributed by atoms with Crippen molar-refractivity contribution in [3.05, 3.63) is 35.9 Å². The average Bonchev–Trinajstić information content (AvgIpc) is 2.43. The fourth-order valence-electron chi connectivity index (χ4n) is 1.73. The predicted octanol–water partition coefficient (Wildman–Crippen LogP) is 2.15. The van der Waals surface area contributed by atoms with E-state index in [-0.39, 0.29) is 5.41 Å². The summed E-state index contributed by atoms with van der Waals surface area (Å²) >= 11 is 0. The van der Waals surface area contributed by atoms with E-state index in [9.17, 15) is 0 Å². The van der Waals surface area contributed by atoms with Crippen molar-refractivity contribution < 1.29 is 0 Å². The van der Waals surface area contributed by atoms with Crippen molar-refractivity contribution in [2.24, 2.45) is 4.99 Å². The van der Waals surface area contributed by atoms with Crippen LogP contribution in [-0.4, -0.2) is 25.6 Å². The molecule has 0 saturated carbocycles. The number of rotatable bonds is 5. The molecule has 0 unspecified atom stereocenters. The summed E-state index contributed by atoms with van der Waals surface area (Å²) in [6, 6.07) is 10.4. The van der Waals surface area contributed by atoms with Gasteiger partial charge in [-0.2, -0.15) is 0 Å². The van der Waals surface area contributed by atoms with Crippen LogP contribution in [0.2, 0.25) is 0 Å². The van der Waals surface area contributed by atoms with E-state index in [2.05, 4.69) is 59.7 Å². The molecule has 0 bridgehead atoms. The van der Waals surface area contributed by atoms with E-state index >= 15 is 0 Å². The van der Waals surface area contributed by atoms with Gasteiger partial charge in [-0.1, -0.05) is 50.1 Å². The summed E-state index contributed by atoms with van der Waals surface area (Å²) in [4.78, 5) is 4.60. The standard InChI is InChI=1S/C16H23N3/c1-5-12-18-15(17-6-2)19-13-16(3,4)14-10-8-7-9-11-14/h1,7-11H,6,12-13H2,2-4H3,(H2,17,18,19). The number of hydrogen-bond acceptors (Lipinski definition) is 1. The van der Waals surface area contributed by atoms with E-state index in [0.29, 0.717) is 13.1 Å². The lowest BCUT2D eigenvalue weighted by molar-refractivity contribution is 0.538. The van der Waals surface area contributed by atoms with Gasteiger partial charge in [-0.3, -0.25) is 4.99 Å². The molecule has 102 valence electrons. The maximum atomic E-state index is 5.25. The number of hydrogen-bond donors (Lipinski definition) is 2. The van der Waals surface area contributed by atoms with Crippen molar-refractivity contribution >= 4 is 5.96 Å². The van der Waals surface area contributed by atoms with Gasteiger partial charge in [0.1, 0.15) is 0 Å². The summed E-state index contributed by atoms with van der Waals surface area (Å²) in [5, 5.41) is 6.28. The minimum Gasteiger partial charge on any atom is -0.357 e. The van der Waals surface area contributed by atoms with Crippen molar-refractivity contribution in [3.8, 4) is 12.3 Å². The first-order valence-corrected chi connectivity index (χ1v) is 6.61. The lowest BCUT2D eigenvalue weighted by Gasteiger charge is -2.23. The molecule has 1 aromatic rings. The molecule has 0 aliphatic carbocycles. The number of terminal acetylenes is 1. The maximum absolute atomic E-state index is 5.25. The third-order valence-corrected chi connectivity index (χ3v) is 2.89. The van der Waals surface area contributed by atoms with Crippen LogP contribution in [0.25, 0.3) is 0 Å². The van der Waals surface area contributed by atoms with Gasteiger partial charge in [0, 0.05) is 12.0 Å². The highest BCUT2D eigenvalue weighted by Gasteiger charge is 2.19. The molecule has 0 amide bonds. The molecule has 0 fully saturated rings. The van der Waals surface area contributed by atoms with E-state index in [0.717, 1.165) is 12.5 Å². The molecule has 0 aliphatic rings. The Labute approximate surface area is 116 Å². The fourth-order valence-corrected chi connectivity index (χ4v) is 1.73. The molecule has 1 rings (SSSR count). The highest BCUT2D eigenvalue weighted by atomic mass is 15.2. The molecule has 0 aromatic heterocycles. The first-order chi connectivity index (χ1) is 9.10. The minimum absolute atomic E-state index is 0.000243. The average molecular weight is 257 g/mol. The Morgan fingerprint density at radius 2 is 1.95 bits per heavy atom. The molecular weight excluding hydrogens is 234 g/mol. The molecule has 19 heavy (non-hydrogen) atoms. The molecule has 0 saturated heterocycles. The summed E-state index contributed by atoms with van der Waals surface area (Å²) in [5.74, 6) is 3.32. The van der Waals surface area contributed by atoms with Crippen LogP contribution in [0.5, 0.6) is 0 Å². The molecule has 0 spiro atoms. The van der Waals surface area contributed by atoms with Crippen molar-refractivity contribution in [1.29, 1.82) is 0 Å². The molecule has 0 radical (unpaired) electrons. The molecule has 3 heteroatoms. The van der Waals surface area contributed by atoms with Crippen LogP contribution in [0, 0.1) is 12.3 Å². The van der Waals surface area contributed by atoms with E-state index in [1.807, 2.05) is 13.0 Å². The third kappa shape index (κ3) is 5.05. The van der Waals surface area contributed by atoms with Gasteiger partial charge in [0.2, 0.25) is 0 Å². The van der Waals surface area contributed by atoms with Crippen molar-refractivity contribution in [1.82, 2.24) is 10.6 Å². The summed E-state index contributed by atoms with van der Waals surface area (Å²) in [7, 11) is 0. The normalized spacial score (nSPS) is 11.8. The largest absolute Gasteiger partial charge is 0.357 e. The van der Waals surface area contributed by atoms with Crippen LogP contribution in [0.1, 0.15) is 26.3 Å². The van der Waals surface area contributed by atoms with Crippen LogP contribution < -0.4 is 10.6 Å². The van der Waals surface area contributed by atoms with Crippen molar-refractivity contribution in [2.45, 2.75) is 26.2 Å². The number of nitrogens with zero attached hydrogens (tertiary/aromatic N) is 1. The zero-order valence-electron chi connectivity index (χ0n) is 12.0. The summed E-state index contributed by atoms with van der Waals surface area (Å²) in [5.41, 5.74) is 1.28. The molecule has 3 nitrogen and oxygen atoms in total. The lowest BCUT2D eigenvalue weighted by atomic mass is 9.85. The van der Waals surface area contributed by atoms with Gasteiger partial charge in [-0.15, -0.1) is 6.42 Å². The lowest BCUT2D eigenvalue weighted by Crippen LogP contribution is -2.38. The first-order valence-electron chi connectivity index (χ1n) is 6.61.